The molecule has 2 atom stereocenters. The van der Waals surface area contributed by atoms with Crippen molar-refractivity contribution in [2.24, 2.45) is 0 Å². The molecule has 1 aliphatic carbocycles. The third-order valence-corrected chi connectivity index (χ3v) is 6.68. The van der Waals surface area contributed by atoms with E-state index in [0.29, 0.717) is 21.4 Å². The molecular formula is C14H22N2O2S2. The van der Waals surface area contributed by atoms with Gasteiger partial charge in [-0.25, -0.2) is 13.1 Å². The monoisotopic (exact) mass is 314 g/mol. The number of sulfonamides is 1. The van der Waals surface area contributed by atoms with Crippen LogP contribution < -0.4 is 10.5 Å². The molecule has 6 heteroatoms. The zero-order chi connectivity index (χ0) is 14.9. The van der Waals surface area contributed by atoms with E-state index in [4.69, 9.17) is 5.73 Å². The van der Waals surface area contributed by atoms with Gasteiger partial charge in [0.05, 0.1) is 4.90 Å². The van der Waals surface area contributed by atoms with E-state index in [1.54, 1.807) is 30.8 Å². The fraction of sp³-hybridized carbons (Fsp3) is 0.571. The fourth-order valence-electron chi connectivity index (χ4n) is 2.74. The first-order chi connectivity index (χ1) is 9.35. The number of hydrogen-bond acceptors (Lipinski definition) is 4. The maximum Gasteiger partial charge on any atom is 0.241 e. The average Bonchev–Trinajstić information content (AvgIpc) is 2.80. The van der Waals surface area contributed by atoms with Crippen LogP contribution in [0.15, 0.2) is 17.0 Å². The number of benzene rings is 1. The molecule has 1 aromatic carbocycles. The molecular weight excluding hydrogens is 292 g/mol. The third kappa shape index (κ3) is 3.13. The van der Waals surface area contributed by atoms with Crippen LogP contribution in [0.3, 0.4) is 0 Å². The molecule has 0 aliphatic heterocycles. The smallest absolute Gasteiger partial charge is 0.241 e. The van der Waals surface area contributed by atoms with Crippen LogP contribution >= 0.6 is 11.8 Å². The highest BCUT2D eigenvalue weighted by molar-refractivity contribution is 7.99. The minimum Gasteiger partial charge on any atom is -0.398 e. The van der Waals surface area contributed by atoms with Crippen LogP contribution in [0.4, 0.5) is 5.69 Å². The molecule has 0 saturated heterocycles. The topological polar surface area (TPSA) is 72.2 Å². The molecule has 0 spiro atoms. The van der Waals surface area contributed by atoms with Crippen LogP contribution in [0, 0.1) is 13.8 Å². The van der Waals surface area contributed by atoms with Crippen molar-refractivity contribution in [3.8, 4) is 0 Å². The summed E-state index contributed by atoms with van der Waals surface area (Å²) in [5, 5.41) is 0.368. The molecule has 4 nitrogen and oxygen atoms in total. The molecule has 0 radical (unpaired) electrons. The van der Waals surface area contributed by atoms with Gasteiger partial charge in [0, 0.05) is 17.0 Å². The Kier molecular flexibility index (Phi) is 4.66. The summed E-state index contributed by atoms with van der Waals surface area (Å²) in [5.74, 6) is 0. The number of hydrogen-bond donors (Lipinski definition) is 2. The van der Waals surface area contributed by atoms with E-state index >= 15 is 0 Å². The predicted molar refractivity (Wildman–Crippen MR) is 85.6 cm³/mol. The van der Waals surface area contributed by atoms with Gasteiger partial charge in [0.15, 0.2) is 0 Å². The molecule has 1 aromatic rings. The van der Waals surface area contributed by atoms with E-state index < -0.39 is 10.0 Å². The van der Waals surface area contributed by atoms with Gasteiger partial charge in [-0.1, -0.05) is 6.42 Å². The largest absolute Gasteiger partial charge is 0.398 e. The van der Waals surface area contributed by atoms with Crippen molar-refractivity contribution in [3.63, 3.8) is 0 Å². The zero-order valence-corrected chi connectivity index (χ0v) is 13.8. The van der Waals surface area contributed by atoms with Crippen molar-refractivity contribution in [2.45, 2.75) is 49.3 Å². The second-order valence-electron chi connectivity index (χ2n) is 5.41. The maximum absolute atomic E-state index is 12.6. The summed E-state index contributed by atoms with van der Waals surface area (Å²) < 4.78 is 28.1. The zero-order valence-electron chi connectivity index (χ0n) is 12.1. The standard InChI is InChI=1S/C14H22N2O2S2/c1-9-7-11(15)10(2)14(8-9)20(17,18)16-12-5-4-6-13(12)19-3/h7-8,12-13,16H,4-6,15H2,1-3H3. The van der Waals surface area contributed by atoms with Crippen LogP contribution in [0.2, 0.25) is 0 Å². The van der Waals surface area contributed by atoms with Gasteiger partial charge in [0.2, 0.25) is 10.0 Å². The van der Waals surface area contributed by atoms with Gasteiger partial charge in [0.25, 0.3) is 0 Å². The Morgan fingerprint density at radius 1 is 1.30 bits per heavy atom. The van der Waals surface area contributed by atoms with E-state index in [0.717, 1.165) is 24.8 Å². The highest BCUT2D eigenvalue weighted by Crippen LogP contribution is 2.30. The lowest BCUT2D eigenvalue weighted by molar-refractivity contribution is 0.554. The lowest BCUT2D eigenvalue weighted by Gasteiger charge is -2.20. The lowest BCUT2D eigenvalue weighted by atomic mass is 10.1. The number of nitrogens with two attached hydrogens (primary N) is 1. The SMILES string of the molecule is CSC1CCCC1NS(=O)(=O)c1cc(C)cc(N)c1C. The first kappa shape index (κ1) is 15.7. The number of nitrogen functional groups attached to an aromatic ring is 1. The van der Waals surface area contributed by atoms with E-state index in [2.05, 4.69) is 4.72 Å². The number of rotatable bonds is 4. The molecule has 0 bridgehead atoms. The molecule has 0 amide bonds. The molecule has 3 N–H and O–H groups in total. The van der Waals surface area contributed by atoms with Crippen molar-refractivity contribution in [3.05, 3.63) is 23.3 Å². The summed E-state index contributed by atoms with van der Waals surface area (Å²) in [5.41, 5.74) is 7.90. The van der Waals surface area contributed by atoms with Crippen LogP contribution in [0.1, 0.15) is 30.4 Å². The summed E-state index contributed by atoms with van der Waals surface area (Å²) in [6, 6.07) is 3.52. The molecule has 2 rings (SSSR count). The van der Waals surface area contributed by atoms with Crippen LogP contribution in [-0.2, 0) is 10.0 Å². The molecule has 1 aliphatic rings. The van der Waals surface area contributed by atoms with Gasteiger partial charge in [-0.15, -0.1) is 0 Å². The number of aryl methyl sites for hydroxylation is 1. The minimum atomic E-state index is -3.51. The average molecular weight is 314 g/mol. The summed E-state index contributed by atoms with van der Waals surface area (Å²) in [6.45, 7) is 3.61. The Bertz CT molecular complexity index is 599. The van der Waals surface area contributed by atoms with E-state index in [1.165, 1.54) is 0 Å². The van der Waals surface area contributed by atoms with Gasteiger partial charge >= 0.3 is 0 Å². The third-order valence-electron chi connectivity index (χ3n) is 3.90. The molecule has 1 saturated carbocycles. The molecule has 2 unspecified atom stereocenters. The summed E-state index contributed by atoms with van der Waals surface area (Å²) in [6.07, 6.45) is 5.09. The van der Waals surface area contributed by atoms with E-state index in [-0.39, 0.29) is 6.04 Å². The van der Waals surface area contributed by atoms with Gasteiger partial charge in [-0.3, -0.25) is 0 Å². The molecule has 20 heavy (non-hydrogen) atoms. The highest BCUT2D eigenvalue weighted by Gasteiger charge is 2.31. The summed E-state index contributed by atoms with van der Waals surface area (Å²) in [7, 11) is -3.51. The fourth-order valence-corrected chi connectivity index (χ4v) is 5.43. The van der Waals surface area contributed by atoms with Crippen molar-refractivity contribution in [1.29, 1.82) is 0 Å². The van der Waals surface area contributed by atoms with Crippen molar-refractivity contribution in [1.82, 2.24) is 4.72 Å². The predicted octanol–water partition coefficient (Wildman–Crippen LogP) is 2.45. The van der Waals surface area contributed by atoms with Gasteiger partial charge < -0.3 is 5.73 Å². The van der Waals surface area contributed by atoms with Crippen molar-refractivity contribution < 1.29 is 8.42 Å². The maximum atomic E-state index is 12.6. The van der Waals surface area contributed by atoms with Gasteiger partial charge in [-0.05, 0) is 56.2 Å². The van der Waals surface area contributed by atoms with Gasteiger partial charge in [-0.2, -0.15) is 11.8 Å². The van der Waals surface area contributed by atoms with Crippen molar-refractivity contribution in [2.75, 3.05) is 12.0 Å². The normalized spacial score (nSPS) is 23.1. The summed E-state index contributed by atoms with van der Waals surface area (Å²) >= 11 is 1.74. The quantitative estimate of drug-likeness (QED) is 0.837. The lowest BCUT2D eigenvalue weighted by Crippen LogP contribution is -2.38. The Balaban J connectivity index is 2.31. The Labute approximate surface area is 125 Å². The van der Waals surface area contributed by atoms with Crippen LogP contribution in [-0.4, -0.2) is 26.0 Å². The van der Waals surface area contributed by atoms with Crippen LogP contribution in [0.5, 0.6) is 0 Å². The second kappa shape index (κ2) is 5.95. The molecule has 0 heterocycles. The molecule has 1 fully saturated rings. The van der Waals surface area contributed by atoms with Crippen LogP contribution in [0.25, 0.3) is 0 Å². The molecule has 0 aromatic heterocycles. The van der Waals surface area contributed by atoms with E-state index in [9.17, 15) is 8.42 Å². The first-order valence-electron chi connectivity index (χ1n) is 6.77. The highest BCUT2D eigenvalue weighted by atomic mass is 32.2. The minimum absolute atomic E-state index is 0.0242. The van der Waals surface area contributed by atoms with E-state index in [1.807, 2.05) is 13.2 Å². The van der Waals surface area contributed by atoms with Crippen molar-refractivity contribution >= 4 is 27.5 Å². The Morgan fingerprint density at radius 3 is 2.65 bits per heavy atom. The summed E-state index contributed by atoms with van der Waals surface area (Å²) in [4.78, 5) is 0.307. The Hall–Kier alpha value is -0.720. The Morgan fingerprint density at radius 2 is 2.00 bits per heavy atom. The second-order valence-corrected chi connectivity index (χ2v) is 8.17. The molecule has 112 valence electrons. The number of anilines is 1. The number of thioether (sulfide) groups is 1. The number of nitrogens with one attached hydrogen (secondary N) is 1. The first-order valence-corrected chi connectivity index (χ1v) is 9.54. The van der Waals surface area contributed by atoms with Gasteiger partial charge in [0.1, 0.15) is 0 Å².